The van der Waals surface area contributed by atoms with Crippen molar-refractivity contribution in [2.75, 3.05) is 7.05 Å². The maximum absolute atomic E-state index is 13.9. The van der Waals surface area contributed by atoms with Crippen LogP contribution in [0.3, 0.4) is 0 Å². The van der Waals surface area contributed by atoms with Crippen LogP contribution in [0.25, 0.3) is 0 Å². The topological polar surface area (TPSA) is 32.3 Å². The van der Waals surface area contributed by atoms with Gasteiger partial charge < -0.3 is 10.2 Å². The van der Waals surface area contributed by atoms with Crippen LogP contribution in [0.5, 0.6) is 0 Å². The van der Waals surface area contributed by atoms with E-state index in [9.17, 15) is 13.6 Å². The minimum absolute atomic E-state index is 0. The molecule has 1 amide bonds. The molecule has 2 heterocycles. The summed E-state index contributed by atoms with van der Waals surface area (Å²) < 4.78 is 27.2. The van der Waals surface area contributed by atoms with Gasteiger partial charge in [-0.05, 0) is 44.2 Å². The number of aryl methyl sites for hydroxylation is 1. The maximum Gasteiger partial charge on any atom is 0.256 e. The van der Waals surface area contributed by atoms with Crippen LogP contribution in [0, 0.1) is 18.6 Å². The predicted octanol–water partition coefficient (Wildman–Crippen LogP) is 3.05. The zero-order valence-electron chi connectivity index (χ0n) is 12.7. The maximum atomic E-state index is 13.9. The molecular formula is C16H21ClF2N2O. The van der Waals surface area contributed by atoms with E-state index in [1.807, 2.05) is 0 Å². The van der Waals surface area contributed by atoms with Crippen molar-refractivity contribution in [1.82, 2.24) is 10.2 Å². The van der Waals surface area contributed by atoms with Crippen LogP contribution in [0.4, 0.5) is 8.78 Å². The van der Waals surface area contributed by atoms with Gasteiger partial charge in [0.05, 0.1) is 5.56 Å². The van der Waals surface area contributed by atoms with Crippen LogP contribution in [0.1, 0.15) is 41.6 Å². The number of fused-ring (bicyclic) bond motifs is 2. The second-order valence-electron chi connectivity index (χ2n) is 6.26. The number of carbonyl (C=O) groups excluding carboxylic acids is 1. The first kappa shape index (κ1) is 17.2. The monoisotopic (exact) mass is 330 g/mol. The van der Waals surface area contributed by atoms with Gasteiger partial charge in [0.15, 0.2) is 0 Å². The summed E-state index contributed by atoms with van der Waals surface area (Å²) in [6.45, 7) is 1.54. The molecule has 1 aromatic carbocycles. The third kappa shape index (κ3) is 3.10. The number of carbonyl (C=O) groups is 1. The fourth-order valence-corrected chi connectivity index (χ4v) is 3.52. The lowest BCUT2D eigenvalue weighted by atomic mass is 9.97. The van der Waals surface area contributed by atoms with E-state index in [-0.39, 0.29) is 29.9 Å². The van der Waals surface area contributed by atoms with Crippen molar-refractivity contribution in [1.29, 1.82) is 0 Å². The lowest BCUT2D eigenvalue weighted by Crippen LogP contribution is -2.48. The molecule has 3 nitrogen and oxygen atoms in total. The van der Waals surface area contributed by atoms with Gasteiger partial charge in [0, 0.05) is 31.2 Å². The normalized spacial score (nSPS) is 26.5. The molecule has 1 N–H and O–H groups in total. The van der Waals surface area contributed by atoms with Gasteiger partial charge >= 0.3 is 0 Å². The Morgan fingerprint density at radius 1 is 1.18 bits per heavy atom. The third-order valence-corrected chi connectivity index (χ3v) is 4.79. The number of nitrogens with zero attached hydrogens (tertiary/aromatic N) is 1. The van der Waals surface area contributed by atoms with E-state index >= 15 is 0 Å². The first-order valence-corrected chi connectivity index (χ1v) is 7.44. The molecule has 0 saturated carbocycles. The highest BCUT2D eigenvalue weighted by Crippen LogP contribution is 2.30. The number of benzene rings is 1. The molecule has 2 fully saturated rings. The fourth-order valence-electron chi connectivity index (χ4n) is 3.52. The third-order valence-electron chi connectivity index (χ3n) is 4.79. The van der Waals surface area contributed by atoms with Crippen molar-refractivity contribution in [3.05, 3.63) is 34.9 Å². The highest BCUT2D eigenvalue weighted by molar-refractivity contribution is 5.94. The second kappa shape index (κ2) is 6.50. The summed E-state index contributed by atoms with van der Waals surface area (Å²) in [6, 6.07) is 3.15. The molecule has 3 rings (SSSR count). The number of hydrogen-bond donors (Lipinski definition) is 1. The first-order valence-electron chi connectivity index (χ1n) is 7.44. The van der Waals surface area contributed by atoms with Gasteiger partial charge in [0.1, 0.15) is 11.6 Å². The van der Waals surface area contributed by atoms with Crippen LogP contribution in [-0.2, 0) is 0 Å². The molecule has 0 spiro atoms. The summed E-state index contributed by atoms with van der Waals surface area (Å²) in [5.74, 6) is -1.76. The van der Waals surface area contributed by atoms with Crippen LogP contribution in [0.15, 0.2) is 12.1 Å². The number of amides is 1. The Morgan fingerprint density at radius 2 is 1.77 bits per heavy atom. The average Bonchev–Trinajstić information content (AvgIpc) is 2.79. The minimum Gasteiger partial charge on any atom is -0.339 e. The van der Waals surface area contributed by atoms with Gasteiger partial charge in [0.25, 0.3) is 5.91 Å². The molecule has 2 atom stereocenters. The number of rotatable bonds is 2. The summed E-state index contributed by atoms with van der Waals surface area (Å²) in [5.41, 5.74) is 0.251. The molecule has 0 aromatic heterocycles. The van der Waals surface area contributed by atoms with E-state index in [1.165, 1.54) is 13.0 Å². The second-order valence-corrected chi connectivity index (χ2v) is 6.26. The van der Waals surface area contributed by atoms with E-state index in [4.69, 9.17) is 0 Å². The van der Waals surface area contributed by atoms with Gasteiger partial charge in [0.2, 0.25) is 0 Å². The van der Waals surface area contributed by atoms with E-state index in [0.29, 0.717) is 17.6 Å². The fraction of sp³-hybridized carbons (Fsp3) is 0.562. The van der Waals surface area contributed by atoms with Gasteiger partial charge in [-0.1, -0.05) is 0 Å². The Balaban J connectivity index is 0.00000176. The van der Waals surface area contributed by atoms with Crippen LogP contribution >= 0.6 is 12.4 Å². The Kier molecular flexibility index (Phi) is 5.07. The summed E-state index contributed by atoms with van der Waals surface area (Å²) in [5, 5.41) is 3.52. The Hall–Kier alpha value is -1.20. The number of halogens is 3. The lowest BCUT2D eigenvalue weighted by Gasteiger charge is -2.35. The Bertz CT molecular complexity index is 570. The zero-order chi connectivity index (χ0) is 15.1. The molecule has 2 unspecified atom stereocenters. The molecule has 2 aliphatic rings. The first-order chi connectivity index (χ1) is 9.95. The van der Waals surface area contributed by atoms with Gasteiger partial charge in [-0.15, -0.1) is 12.4 Å². The van der Waals surface area contributed by atoms with Crippen molar-refractivity contribution in [2.24, 2.45) is 0 Å². The molecule has 0 aliphatic carbocycles. The van der Waals surface area contributed by atoms with Gasteiger partial charge in [-0.3, -0.25) is 4.79 Å². The van der Waals surface area contributed by atoms with E-state index < -0.39 is 11.6 Å². The van der Waals surface area contributed by atoms with Crippen molar-refractivity contribution in [2.45, 2.75) is 50.7 Å². The molecule has 1 aromatic rings. The van der Waals surface area contributed by atoms with Crippen LogP contribution in [0.2, 0.25) is 0 Å². The number of piperidine rings is 1. The smallest absolute Gasteiger partial charge is 0.256 e. The van der Waals surface area contributed by atoms with Gasteiger partial charge in [-0.25, -0.2) is 8.78 Å². The van der Waals surface area contributed by atoms with Crippen molar-refractivity contribution >= 4 is 18.3 Å². The van der Waals surface area contributed by atoms with Crippen molar-refractivity contribution < 1.29 is 13.6 Å². The standard InChI is InChI=1S/C16H20F2N2O.ClH/c1-9-5-13(15(18)8-14(9)17)16(21)20(2)12-6-10-3-4-11(7-12)19-10;/h5,8,10-12,19H,3-4,6-7H2,1-2H3;1H. The molecule has 6 heteroatoms. The zero-order valence-corrected chi connectivity index (χ0v) is 13.6. The molecule has 2 saturated heterocycles. The van der Waals surface area contributed by atoms with Crippen LogP contribution < -0.4 is 5.32 Å². The highest BCUT2D eigenvalue weighted by Gasteiger charge is 2.36. The van der Waals surface area contributed by atoms with E-state index in [1.54, 1.807) is 11.9 Å². The highest BCUT2D eigenvalue weighted by atomic mass is 35.5. The quantitative estimate of drug-likeness (QED) is 0.904. The Labute approximate surface area is 135 Å². The Morgan fingerprint density at radius 3 is 2.36 bits per heavy atom. The number of hydrogen-bond acceptors (Lipinski definition) is 2. The molecule has 2 aliphatic heterocycles. The van der Waals surface area contributed by atoms with Crippen molar-refractivity contribution in [3.8, 4) is 0 Å². The van der Waals surface area contributed by atoms with E-state index in [2.05, 4.69) is 5.32 Å². The van der Waals surface area contributed by atoms with Crippen molar-refractivity contribution in [3.63, 3.8) is 0 Å². The minimum atomic E-state index is -0.785. The molecule has 0 radical (unpaired) electrons. The molecule has 122 valence electrons. The van der Waals surface area contributed by atoms with Gasteiger partial charge in [-0.2, -0.15) is 0 Å². The average molecular weight is 331 g/mol. The largest absolute Gasteiger partial charge is 0.339 e. The summed E-state index contributed by atoms with van der Waals surface area (Å²) in [7, 11) is 1.72. The summed E-state index contributed by atoms with van der Waals surface area (Å²) in [4.78, 5) is 14.1. The lowest BCUT2D eigenvalue weighted by molar-refractivity contribution is 0.0677. The SMILES string of the molecule is Cc1cc(C(=O)N(C)C2CC3CCC(C2)N3)c(F)cc1F.Cl. The molecule has 2 bridgehead atoms. The predicted molar refractivity (Wildman–Crippen MR) is 83.4 cm³/mol. The van der Waals surface area contributed by atoms with E-state index in [0.717, 1.165) is 31.7 Å². The summed E-state index contributed by atoms with van der Waals surface area (Å²) >= 11 is 0. The molecular weight excluding hydrogens is 310 g/mol. The summed E-state index contributed by atoms with van der Waals surface area (Å²) in [6.07, 6.45) is 4.10. The van der Waals surface area contributed by atoms with Crippen LogP contribution in [-0.4, -0.2) is 36.0 Å². The molecule has 22 heavy (non-hydrogen) atoms. The number of nitrogens with one attached hydrogen (secondary N) is 1.